The third-order valence-electron chi connectivity index (χ3n) is 13.7. The molecule has 18 nitrogen and oxygen atoms in total. The van der Waals surface area contributed by atoms with Crippen LogP contribution in [-0.4, -0.2) is 116 Å². The van der Waals surface area contributed by atoms with Crippen LogP contribution in [0.3, 0.4) is 0 Å². The number of aliphatic hydroxyl groups is 1. The average molecular weight is 1080 g/mol. The van der Waals surface area contributed by atoms with Crippen molar-refractivity contribution in [2.24, 2.45) is 5.41 Å². The Kier molecular flexibility index (Phi) is 17.3. The molecule has 0 bridgehead atoms. The van der Waals surface area contributed by atoms with Crippen LogP contribution in [0.4, 0.5) is 24.7 Å². The van der Waals surface area contributed by atoms with E-state index >= 15 is 0 Å². The Bertz CT molecular complexity index is 3120. The number of aliphatic hydroxyl groups excluding tert-OH is 1. The van der Waals surface area contributed by atoms with Gasteiger partial charge in [-0.1, -0.05) is 63.2 Å². The summed E-state index contributed by atoms with van der Waals surface area (Å²) < 4.78 is 50.0. The van der Waals surface area contributed by atoms with Gasteiger partial charge < -0.3 is 50.6 Å². The molecule has 408 valence electrons. The highest BCUT2D eigenvalue weighted by Gasteiger charge is 2.45. The second-order valence-electron chi connectivity index (χ2n) is 20.4. The predicted molar refractivity (Wildman–Crippen MR) is 284 cm³/mol. The summed E-state index contributed by atoms with van der Waals surface area (Å²) in [5.41, 5.74) is 14.5. The number of likely N-dealkylation sites (tertiary alicyclic amines) is 1. The first-order valence-electron chi connectivity index (χ1n) is 25.4. The third kappa shape index (κ3) is 13.8. The largest absolute Gasteiger partial charge is 0.573 e. The minimum atomic E-state index is -4.84. The highest BCUT2D eigenvalue weighted by atomic mass is 32.1. The maximum absolute atomic E-state index is 14.1. The fourth-order valence-corrected chi connectivity index (χ4v) is 10.5. The second-order valence-corrected chi connectivity index (χ2v) is 21.3. The van der Waals surface area contributed by atoms with Crippen molar-refractivity contribution in [3.8, 4) is 27.3 Å². The van der Waals surface area contributed by atoms with Gasteiger partial charge in [0.25, 0.3) is 0 Å². The molecule has 3 aromatic heterocycles. The van der Waals surface area contributed by atoms with Gasteiger partial charge in [0.2, 0.25) is 29.5 Å². The van der Waals surface area contributed by atoms with Gasteiger partial charge in [-0.15, -0.1) is 24.5 Å². The summed E-state index contributed by atoms with van der Waals surface area (Å²) in [6.45, 7) is 10.5. The summed E-state index contributed by atoms with van der Waals surface area (Å²) in [4.78, 5) is 84.3. The number of benzene rings is 3. The third-order valence-corrected chi connectivity index (χ3v) is 14.6. The molecular formula is C55H63F3N10O8S. The number of rotatable bonds is 20. The Morgan fingerprint density at radius 2 is 1.68 bits per heavy atom. The number of amides is 5. The Morgan fingerprint density at radius 3 is 2.39 bits per heavy atom. The normalized spacial score (nSPS) is 16.3. The van der Waals surface area contributed by atoms with Gasteiger partial charge in [-0.3, -0.25) is 24.0 Å². The number of β-amino-alcohol motifs (C(OH)–C–C–N with tert-alkyl or cyclic N) is 1. The zero-order valence-corrected chi connectivity index (χ0v) is 44.3. The van der Waals surface area contributed by atoms with Crippen molar-refractivity contribution < 1.29 is 51.7 Å². The molecule has 2 aliphatic rings. The highest BCUT2D eigenvalue weighted by Crippen LogP contribution is 2.38. The van der Waals surface area contributed by atoms with E-state index in [0.717, 1.165) is 38.4 Å². The van der Waals surface area contributed by atoms with Crippen molar-refractivity contribution in [2.75, 3.05) is 43.5 Å². The number of ether oxygens (including phenoxy) is 2. The number of carbonyl (C=O) groups is 5. The molecule has 0 radical (unpaired) electrons. The van der Waals surface area contributed by atoms with Crippen LogP contribution in [0.15, 0.2) is 84.8 Å². The lowest BCUT2D eigenvalue weighted by Crippen LogP contribution is -2.58. The van der Waals surface area contributed by atoms with Gasteiger partial charge in [0, 0.05) is 62.9 Å². The van der Waals surface area contributed by atoms with Gasteiger partial charge in [-0.2, -0.15) is 0 Å². The molecule has 0 aliphatic carbocycles. The van der Waals surface area contributed by atoms with Crippen LogP contribution in [0.5, 0.6) is 5.75 Å². The molecule has 22 heteroatoms. The number of alkyl halides is 3. The first kappa shape index (κ1) is 55.8. The maximum atomic E-state index is 14.1. The molecule has 3 aromatic carbocycles. The highest BCUT2D eigenvalue weighted by molar-refractivity contribution is 7.13. The summed E-state index contributed by atoms with van der Waals surface area (Å²) in [5, 5.41) is 20.1. The SMILES string of the molecule is Cc1ncsc1-c1ccc([C@H](C)NC(=O)[C@@H]2C[C@@H](O)CN2C(=O)[C@@H](NC(=O)CCOCCC(=O)NCCCn2cc(-c3ccc4c(c3)CCN4C(=O)Cc3cccc(OC(F)(F)F)c3)c3c(N)ncnc32)C(C)(C)C)cc1. The van der Waals surface area contributed by atoms with Crippen LogP contribution in [0.1, 0.15) is 81.8 Å². The van der Waals surface area contributed by atoms with Gasteiger partial charge in [-0.25, -0.2) is 15.0 Å². The molecule has 8 rings (SSSR count). The minimum absolute atomic E-state index is 0.00291. The standard InChI is InChI=1S/C55H63F3N10O8S/c1-32(35-10-12-36(13-11-35)48-33(2)63-31-77-48)64-52(73)43-27-39(69)28-68(43)53(74)49(54(3,4)5)65-45(71)18-23-75-22-17-44(70)60-19-7-20-66-29-41(47-50(59)61-30-62-51(47)66)37-14-15-42-38(26-37)16-21-67(42)46(72)25-34-8-6-9-40(24-34)76-55(56,57)58/h6,8-15,24,26,29-32,39,43,49,69H,7,16-23,25,27-28H2,1-5H3,(H,60,70)(H,64,73)(H,65,71)(H2,59,61,62)/t32-,39+,43-,49+/m0/s1. The molecule has 0 unspecified atom stereocenters. The Morgan fingerprint density at radius 1 is 0.935 bits per heavy atom. The van der Waals surface area contributed by atoms with E-state index in [4.69, 9.17) is 10.5 Å². The maximum Gasteiger partial charge on any atom is 0.573 e. The lowest BCUT2D eigenvalue weighted by atomic mass is 9.85. The summed E-state index contributed by atoms with van der Waals surface area (Å²) in [7, 11) is 0. The molecule has 2 aliphatic heterocycles. The number of halogens is 3. The summed E-state index contributed by atoms with van der Waals surface area (Å²) in [6.07, 6.45) is -1.41. The lowest BCUT2D eigenvalue weighted by molar-refractivity contribution is -0.274. The van der Waals surface area contributed by atoms with E-state index in [1.165, 1.54) is 29.4 Å². The van der Waals surface area contributed by atoms with Gasteiger partial charge in [0.1, 0.15) is 35.6 Å². The Labute approximate surface area is 447 Å². The molecule has 5 amide bonds. The molecule has 6 N–H and O–H groups in total. The number of aryl methyl sites for hydroxylation is 2. The summed E-state index contributed by atoms with van der Waals surface area (Å²) in [5.74, 6) is -1.93. The number of fused-ring (bicyclic) bond motifs is 2. The molecule has 4 atom stereocenters. The van der Waals surface area contributed by atoms with Gasteiger partial charge >= 0.3 is 6.36 Å². The van der Waals surface area contributed by atoms with E-state index in [0.29, 0.717) is 54.8 Å². The average Bonchev–Trinajstić information content (AvgIpc) is 4.28. The van der Waals surface area contributed by atoms with E-state index in [2.05, 4.69) is 35.6 Å². The van der Waals surface area contributed by atoms with Crippen molar-refractivity contribution in [1.29, 1.82) is 0 Å². The molecule has 0 saturated carbocycles. The molecule has 1 fully saturated rings. The topological polar surface area (TPSA) is 236 Å². The number of nitrogen functional groups attached to an aromatic ring is 1. The monoisotopic (exact) mass is 1080 g/mol. The van der Waals surface area contributed by atoms with Crippen molar-refractivity contribution in [3.05, 3.63) is 107 Å². The fourth-order valence-electron chi connectivity index (χ4n) is 9.73. The quantitative estimate of drug-likeness (QED) is 0.0496. The minimum Gasteiger partial charge on any atom is -0.406 e. The summed E-state index contributed by atoms with van der Waals surface area (Å²) >= 11 is 1.56. The van der Waals surface area contributed by atoms with Crippen LogP contribution >= 0.6 is 11.3 Å². The van der Waals surface area contributed by atoms with Gasteiger partial charge in [0.05, 0.1) is 53.2 Å². The van der Waals surface area contributed by atoms with Crippen molar-refractivity contribution in [1.82, 2.24) is 40.4 Å². The smallest absolute Gasteiger partial charge is 0.406 e. The number of aromatic nitrogens is 4. The predicted octanol–water partition coefficient (Wildman–Crippen LogP) is 6.82. The molecule has 1 saturated heterocycles. The molecule has 5 heterocycles. The zero-order chi connectivity index (χ0) is 55.2. The first-order valence-corrected chi connectivity index (χ1v) is 26.3. The first-order chi connectivity index (χ1) is 36.6. The number of hydrogen-bond acceptors (Lipinski definition) is 13. The van der Waals surface area contributed by atoms with E-state index in [9.17, 15) is 42.3 Å². The second kappa shape index (κ2) is 23.9. The fraction of sp³-hybridized carbons (Fsp3) is 0.418. The van der Waals surface area contributed by atoms with Gasteiger partial charge in [0.15, 0.2) is 0 Å². The lowest BCUT2D eigenvalue weighted by Gasteiger charge is -2.35. The van der Waals surface area contributed by atoms with E-state index in [-0.39, 0.29) is 69.1 Å². The number of nitrogens with zero attached hydrogens (tertiary/aromatic N) is 6. The number of anilines is 2. The van der Waals surface area contributed by atoms with E-state index in [1.807, 2.05) is 87.8 Å². The van der Waals surface area contributed by atoms with Crippen LogP contribution < -0.4 is 31.3 Å². The number of nitrogens with two attached hydrogens (primary N) is 1. The van der Waals surface area contributed by atoms with Crippen LogP contribution in [-0.2, 0) is 48.1 Å². The summed E-state index contributed by atoms with van der Waals surface area (Å²) in [6, 6.07) is 16.6. The molecular weight excluding hydrogens is 1020 g/mol. The molecule has 6 aromatic rings. The van der Waals surface area contributed by atoms with Gasteiger partial charge in [-0.05, 0) is 84.2 Å². The number of nitrogens with one attached hydrogen (secondary N) is 3. The van der Waals surface area contributed by atoms with E-state index in [1.54, 1.807) is 27.8 Å². The number of hydrogen-bond donors (Lipinski definition) is 5. The Hall–Kier alpha value is -7.43. The number of carbonyl (C=O) groups excluding carboxylic acids is 5. The Balaban J connectivity index is 0.772. The van der Waals surface area contributed by atoms with Crippen LogP contribution in [0.2, 0.25) is 0 Å². The molecule has 77 heavy (non-hydrogen) atoms. The van der Waals surface area contributed by atoms with Crippen LogP contribution in [0.25, 0.3) is 32.6 Å². The van der Waals surface area contributed by atoms with Crippen molar-refractivity contribution in [2.45, 2.75) is 110 Å². The van der Waals surface area contributed by atoms with E-state index < -0.39 is 53.4 Å². The van der Waals surface area contributed by atoms with Crippen molar-refractivity contribution >= 4 is 63.4 Å². The van der Waals surface area contributed by atoms with Crippen molar-refractivity contribution in [3.63, 3.8) is 0 Å². The van der Waals surface area contributed by atoms with Crippen LogP contribution in [0, 0.1) is 12.3 Å². The molecule has 0 spiro atoms. The zero-order valence-electron chi connectivity index (χ0n) is 43.5. The number of thiazole rings is 1.